The van der Waals surface area contributed by atoms with Crippen molar-refractivity contribution < 1.29 is 4.74 Å². The fraction of sp³-hybridized carbons (Fsp3) is 0.429. The van der Waals surface area contributed by atoms with E-state index < -0.39 is 0 Å². The van der Waals surface area contributed by atoms with Crippen LogP contribution >= 0.6 is 0 Å². The van der Waals surface area contributed by atoms with E-state index in [4.69, 9.17) is 4.74 Å². The first kappa shape index (κ1) is 10.4. The maximum Gasteiger partial charge on any atom is 0.0781 e. The minimum absolute atomic E-state index is 0.583. The number of epoxide rings is 1. The third-order valence-corrected chi connectivity index (χ3v) is 0.500. The summed E-state index contributed by atoms with van der Waals surface area (Å²) < 4.78 is 4.71. The Morgan fingerprint density at radius 2 is 1.38 bits per heavy atom. The van der Waals surface area contributed by atoms with Crippen LogP contribution in [0.2, 0.25) is 0 Å². The highest BCUT2D eigenvalue weighted by molar-refractivity contribution is 4.58. The van der Waals surface area contributed by atoms with Gasteiger partial charge in [-0.05, 0) is 6.92 Å². The molecule has 1 aliphatic heterocycles. The Labute approximate surface area is 51.7 Å². The fourth-order valence-corrected chi connectivity index (χ4v) is 0.0962. The molecule has 1 heterocycles. The summed E-state index contributed by atoms with van der Waals surface area (Å²) in [6.07, 6.45) is 0.583. The molecular formula is C7H14O. The Kier molecular flexibility index (Phi) is 12.6. The van der Waals surface area contributed by atoms with Crippen LogP contribution in [0.25, 0.3) is 0 Å². The highest BCUT2D eigenvalue weighted by atomic mass is 16.6. The summed E-state index contributed by atoms with van der Waals surface area (Å²) >= 11 is 0. The summed E-state index contributed by atoms with van der Waals surface area (Å²) in [7, 11) is 0. The van der Waals surface area contributed by atoms with Gasteiger partial charge in [0.2, 0.25) is 0 Å². The van der Waals surface area contributed by atoms with E-state index in [1.165, 1.54) is 0 Å². The molecule has 1 nitrogen and oxygen atoms in total. The topological polar surface area (TPSA) is 12.5 Å². The standard InChI is InChI=1S/C3H6O.2C2H4/c1-3-2-4-3;2*1-2/h3H,2H2,1H3;2*1-2H2. The molecule has 0 aromatic carbocycles. The van der Waals surface area contributed by atoms with Crippen LogP contribution in [0.5, 0.6) is 0 Å². The van der Waals surface area contributed by atoms with Gasteiger partial charge in [-0.3, -0.25) is 0 Å². The molecule has 1 aliphatic rings. The van der Waals surface area contributed by atoms with Gasteiger partial charge in [-0.1, -0.05) is 0 Å². The first-order chi connectivity index (χ1) is 3.89. The second-order valence-corrected chi connectivity index (χ2v) is 1.14. The van der Waals surface area contributed by atoms with Crippen molar-refractivity contribution in [2.45, 2.75) is 13.0 Å². The zero-order valence-electron chi connectivity index (χ0n) is 5.52. The van der Waals surface area contributed by atoms with E-state index in [1.807, 2.05) is 0 Å². The van der Waals surface area contributed by atoms with Crippen LogP contribution in [-0.2, 0) is 4.74 Å². The van der Waals surface area contributed by atoms with Crippen molar-refractivity contribution in [2.24, 2.45) is 0 Å². The van der Waals surface area contributed by atoms with Crippen LogP contribution in [0.4, 0.5) is 0 Å². The van der Waals surface area contributed by atoms with Gasteiger partial charge in [0.15, 0.2) is 0 Å². The van der Waals surface area contributed by atoms with E-state index in [0.717, 1.165) is 6.61 Å². The highest BCUT2D eigenvalue weighted by Crippen LogP contribution is 2.04. The first-order valence-corrected chi connectivity index (χ1v) is 2.51. The second kappa shape index (κ2) is 9.67. The largest absolute Gasteiger partial charge is 0.373 e. The SMILES string of the molecule is C=C.C=C.CC1CO1. The van der Waals surface area contributed by atoms with Crippen molar-refractivity contribution in [2.75, 3.05) is 6.61 Å². The number of rotatable bonds is 0. The predicted octanol–water partition coefficient (Wildman–Crippen LogP) is 2.01. The minimum atomic E-state index is 0.583. The third kappa shape index (κ3) is 18.0. The van der Waals surface area contributed by atoms with Crippen molar-refractivity contribution >= 4 is 0 Å². The molecule has 0 aliphatic carbocycles. The second-order valence-electron chi connectivity index (χ2n) is 1.14. The summed E-state index contributed by atoms with van der Waals surface area (Å²) in [6, 6.07) is 0. The van der Waals surface area contributed by atoms with E-state index in [2.05, 4.69) is 33.2 Å². The van der Waals surface area contributed by atoms with Gasteiger partial charge in [-0.25, -0.2) is 0 Å². The molecule has 0 N–H and O–H groups in total. The van der Waals surface area contributed by atoms with Crippen LogP contribution in [-0.4, -0.2) is 12.7 Å². The molecule has 1 heteroatoms. The molecule has 0 saturated carbocycles. The lowest BCUT2D eigenvalue weighted by Gasteiger charge is -1.50. The third-order valence-electron chi connectivity index (χ3n) is 0.500. The summed E-state index contributed by atoms with van der Waals surface area (Å²) in [4.78, 5) is 0. The van der Waals surface area contributed by atoms with Gasteiger partial charge in [0.1, 0.15) is 0 Å². The zero-order chi connectivity index (χ0) is 6.99. The molecule has 0 aromatic heterocycles. The Morgan fingerprint density at radius 1 is 1.25 bits per heavy atom. The lowest BCUT2D eigenvalue weighted by Crippen LogP contribution is -1.60. The minimum Gasteiger partial charge on any atom is -0.373 e. The number of ether oxygens (including phenoxy) is 1. The highest BCUT2D eigenvalue weighted by Gasteiger charge is 2.13. The molecule has 0 spiro atoms. The molecule has 1 atom stereocenters. The Balaban J connectivity index is 0. The van der Waals surface area contributed by atoms with Gasteiger partial charge in [0.05, 0.1) is 12.7 Å². The molecule has 1 fully saturated rings. The van der Waals surface area contributed by atoms with Gasteiger partial charge < -0.3 is 4.74 Å². The molecule has 1 unspecified atom stereocenters. The molecule has 0 aromatic rings. The molecule has 48 valence electrons. The van der Waals surface area contributed by atoms with Crippen molar-refractivity contribution in [1.82, 2.24) is 0 Å². The van der Waals surface area contributed by atoms with Crippen molar-refractivity contribution in [3.63, 3.8) is 0 Å². The van der Waals surface area contributed by atoms with Gasteiger partial charge in [-0.2, -0.15) is 0 Å². The van der Waals surface area contributed by atoms with Crippen LogP contribution < -0.4 is 0 Å². The van der Waals surface area contributed by atoms with E-state index in [-0.39, 0.29) is 0 Å². The van der Waals surface area contributed by atoms with Crippen LogP contribution in [0.15, 0.2) is 26.3 Å². The molecule has 1 rings (SSSR count). The van der Waals surface area contributed by atoms with Gasteiger partial charge in [-0.15, -0.1) is 26.3 Å². The molecule has 0 amide bonds. The molecule has 1 saturated heterocycles. The Morgan fingerprint density at radius 3 is 1.38 bits per heavy atom. The first-order valence-electron chi connectivity index (χ1n) is 2.51. The molecule has 0 radical (unpaired) electrons. The summed E-state index contributed by atoms with van der Waals surface area (Å²) in [6.45, 7) is 15.0. The monoisotopic (exact) mass is 114 g/mol. The molecule has 8 heavy (non-hydrogen) atoms. The number of hydrogen-bond acceptors (Lipinski definition) is 1. The Hall–Kier alpha value is -0.560. The fourth-order valence-electron chi connectivity index (χ4n) is 0.0962. The average Bonchev–Trinajstić information content (AvgIpc) is 2.62. The van der Waals surface area contributed by atoms with E-state index >= 15 is 0 Å². The van der Waals surface area contributed by atoms with E-state index in [0.29, 0.717) is 6.10 Å². The van der Waals surface area contributed by atoms with Crippen LogP contribution in [0, 0.1) is 0 Å². The summed E-state index contributed by atoms with van der Waals surface area (Å²) in [5.74, 6) is 0. The summed E-state index contributed by atoms with van der Waals surface area (Å²) in [5.41, 5.74) is 0. The molecule has 0 bridgehead atoms. The lowest BCUT2D eigenvalue weighted by atomic mass is 10.6. The van der Waals surface area contributed by atoms with Crippen molar-refractivity contribution in [3.8, 4) is 0 Å². The van der Waals surface area contributed by atoms with Crippen molar-refractivity contribution in [3.05, 3.63) is 26.3 Å². The summed E-state index contributed by atoms with van der Waals surface area (Å²) in [5, 5.41) is 0. The van der Waals surface area contributed by atoms with Gasteiger partial charge >= 0.3 is 0 Å². The lowest BCUT2D eigenvalue weighted by molar-refractivity contribution is 0.423. The zero-order valence-corrected chi connectivity index (χ0v) is 5.52. The normalized spacial score (nSPS) is 20.9. The molecular weight excluding hydrogens is 100 g/mol. The van der Waals surface area contributed by atoms with E-state index in [1.54, 1.807) is 0 Å². The number of hydrogen-bond donors (Lipinski definition) is 0. The Bertz CT molecular complexity index is 37.7. The smallest absolute Gasteiger partial charge is 0.0781 e. The van der Waals surface area contributed by atoms with Gasteiger partial charge in [0.25, 0.3) is 0 Å². The van der Waals surface area contributed by atoms with E-state index in [9.17, 15) is 0 Å². The average molecular weight is 114 g/mol. The maximum absolute atomic E-state index is 4.71. The predicted molar refractivity (Wildman–Crippen MR) is 37.9 cm³/mol. The quantitative estimate of drug-likeness (QED) is 0.346. The maximum atomic E-state index is 4.71. The van der Waals surface area contributed by atoms with Crippen molar-refractivity contribution in [1.29, 1.82) is 0 Å². The van der Waals surface area contributed by atoms with Crippen LogP contribution in [0.3, 0.4) is 0 Å². The van der Waals surface area contributed by atoms with Gasteiger partial charge in [0, 0.05) is 0 Å². The van der Waals surface area contributed by atoms with Crippen LogP contribution in [0.1, 0.15) is 6.92 Å².